The molecule has 2 fully saturated rings. The van der Waals surface area contributed by atoms with Crippen molar-refractivity contribution in [3.63, 3.8) is 0 Å². The number of hydrogen-bond donors (Lipinski definition) is 0. The standard InChI is InChI=1S/C24H37N3O5S/c1-5-26(6-2)33(30,31)20-12-13-22(25-14-7-8-15-25)21(16-20)24(29)32-17-23(28)27-18(3)10-9-11-19(27)4/h12-13,16,18-19H,5-11,14-15,17H2,1-4H3. The van der Waals surface area contributed by atoms with Crippen LogP contribution in [0.3, 0.4) is 0 Å². The van der Waals surface area contributed by atoms with E-state index in [1.807, 2.05) is 13.8 Å². The van der Waals surface area contributed by atoms with E-state index in [1.165, 1.54) is 10.4 Å². The molecule has 2 heterocycles. The number of rotatable bonds is 8. The Labute approximate surface area is 197 Å². The van der Waals surface area contributed by atoms with Crippen molar-refractivity contribution in [1.29, 1.82) is 0 Å². The lowest BCUT2D eigenvalue weighted by atomic mass is 9.97. The fraction of sp³-hybridized carbons (Fsp3) is 0.667. The highest BCUT2D eigenvalue weighted by atomic mass is 32.2. The Morgan fingerprint density at radius 2 is 1.64 bits per heavy atom. The maximum atomic E-state index is 13.1. The van der Waals surface area contributed by atoms with Gasteiger partial charge in [0.25, 0.3) is 5.91 Å². The van der Waals surface area contributed by atoms with Crippen LogP contribution in [0.4, 0.5) is 5.69 Å². The summed E-state index contributed by atoms with van der Waals surface area (Å²) in [6.07, 6.45) is 4.98. The summed E-state index contributed by atoms with van der Waals surface area (Å²) in [5.74, 6) is -0.878. The maximum Gasteiger partial charge on any atom is 0.340 e. The number of piperidine rings is 1. The van der Waals surface area contributed by atoms with E-state index in [0.29, 0.717) is 18.8 Å². The molecule has 0 spiro atoms. The van der Waals surface area contributed by atoms with Crippen LogP contribution in [0.2, 0.25) is 0 Å². The van der Waals surface area contributed by atoms with Crippen molar-refractivity contribution in [1.82, 2.24) is 9.21 Å². The average Bonchev–Trinajstić information content (AvgIpc) is 3.32. The summed E-state index contributed by atoms with van der Waals surface area (Å²) in [5.41, 5.74) is 0.848. The number of anilines is 1. The van der Waals surface area contributed by atoms with E-state index in [1.54, 1.807) is 30.9 Å². The molecule has 0 bridgehead atoms. The van der Waals surface area contributed by atoms with Crippen molar-refractivity contribution in [3.8, 4) is 0 Å². The van der Waals surface area contributed by atoms with Crippen LogP contribution in [0.5, 0.6) is 0 Å². The van der Waals surface area contributed by atoms with Crippen molar-refractivity contribution < 1.29 is 22.7 Å². The van der Waals surface area contributed by atoms with Crippen molar-refractivity contribution >= 4 is 27.6 Å². The van der Waals surface area contributed by atoms with Crippen LogP contribution in [0.15, 0.2) is 23.1 Å². The minimum Gasteiger partial charge on any atom is -0.452 e. The van der Waals surface area contributed by atoms with Crippen LogP contribution < -0.4 is 4.90 Å². The number of esters is 1. The summed E-state index contributed by atoms with van der Waals surface area (Å²) in [6, 6.07) is 4.88. The van der Waals surface area contributed by atoms with Gasteiger partial charge in [0.2, 0.25) is 10.0 Å². The predicted octanol–water partition coefficient (Wildman–Crippen LogP) is 3.26. The smallest absolute Gasteiger partial charge is 0.340 e. The Kier molecular flexibility index (Phi) is 8.39. The fourth-order valence-corrected chi connectivity index (χ4v) is 6.46. The molecule has 0 saturated carbocycles. The second-order valence-electron chi connectivity index (χ2n) is 8.97. The lowest BCUT2D eigenvalue weighted by molar-refractivity contribution is -0.140. The van der Waals surface area contributed by atoms with Crippen LogP contribution in [0.1, 0.15) is 70.2 Å². The molecule has 0 aromatic heterocycles. The third kappa shape index (κ3) is 5.51. The van der Waals surface area contributed by atoms with Crippen LogP contribution >= 0.6 is 0 Å². The number of ether oxygens (including phenoxy) is 1. The minimum atomic E-state index is -3.73. The highest BCUT2D eigenvalue weighted by molar-refractivity contribution is 7.89. The molecule has 9 heteroatoms. The Balaban J connectivity index is 1.85. The number of likely N-dealkylation sites (tertiary alicyclic amines) is 1. The number of amides is 1. The van der Waals surface area contributed by atoms with E-state index in [0.717, 1.165) is 45.2 Å². The van der Waals surface area contributed by atoms with Gasteiger partial charge < -0.3 is 14.5 Å². The van der Waals surface area contributed by atoms with E-state index in [2.05, 4.69) is 4.90 Å². The molecule has 1 amide bonds. The van der Waals surface area contributed by atoms with Gasteiger partial charge in [-0.15, -0.1) is 0 Å². The molecule has 1 aromatic carbocycles. The largest absolute Gasteiger partial charge is 0.452 e. The van der Waals surface area contributed by atoms with Gasteiger partial charge in [-0.2, -0.15) is 4.31 Å². The van der Waals surface area contributed by atoms with E-state index in [4.69, 9.17) is 4.74 Å². The minimum absolute atomic E-state index is 0.0608. The zero-order valence-corrected chi connectivity index (χ0v) is 21.1. The van der Waals surface area contributed by atoms with Crippen molar-refractivity contribution in [3.05, 3.63) is 23.8 Å². The van der Waals surface area contributed by atoms with Gasteiger partial charge in [0.05, 0.1) is 16.1 Å². The normalized spacial score (nSPS) is 21.5. The number of sulfonamides is 1. The maximum absolute atomic E-state index is 13.1. The Hall–Kier alpha value is -2.13. The van der Waals surface area contributed by atoms with Gasteiger partial charge in [0.1, 0.15) is 0 Å². The number of nitrogens with zero attached hydrogens (tertiary/aromatic N) is 3. The number of carbonyl (C=O) groups excluding carboxylic acids is 2. The molecule has 1 aromatic rings. The highest BCUT2D eigenvalue weighted by Gasteiger charge is 2.31. The van der Waals surface area contributed by atoms with Crippen molar-refractivity contribution in [2.24, 2.45) is 0 Å². The summed E-state index contributed by atoms with van der Waals surface area (Å²) in [7, 11) is -3.73. The topological polar surface area (TPSA) is 87.2 Å². The summed E-state index contributed by atoms with van der Waals surface area (Å²) in [4.78, 5) is 29.9. The average molecular weight is 480 g/mol. The van der Waals surface area contributed by atoms with Crippen LogP contribution in [-0.4, -0.2) is 74.4 Å². The third-order valence-corrected chi connectivity index (χ3v) is 8.83. The monoisotopic (exact) mass is 479 g/mol. The van der Waals surface area contributed by atoms with Crippen molar-refractivity contribution in [2.75, 3.05) is 37.7 Å². The van der Waals surface area contributed by atoms with Crippen LogP contribution in [0, 0.1) is 0 Å². The third-order valence-electron chi connectivity index (χ3n) is 6.79. The first kappa shape index (κ1) is 25.5. The first-order valence-corrected chi connectivity index (χ1v) is 13.5. The fourth-order valence-electron chi connectivity index (χ4n) is 4.98. The molecule has 0 radical (unpaired) electrons. The summed E-state index contributed by atoms with van der Waals surface area (Å²) < 4.78 is 32.9. The first-order chi connectivity index (χ1) is 15.7. The molecule has 2 aliphatic rings. The molecule has 33 heavy (non-hydrogen) atoms. The molecular formula is C24H37N3O5S. The van der Waals surface area contributed by atoms with E-state index < -0.39 is 16.0 Å². The zero-order valence-electron chi connectivity index (χ0n) is 20.2. The molecule has 0 aliphatic carbocycles. The summed E-state index contributed by atoms with van der Waals surface area (Å²) in [6.45, 7) is 9.52. The highest BCUT2D eigenvalue weighted by Crippen LogP contribution is 2.29. The summed E-state index contributed by atoms with van der Waals surface area (Å²) in [5, 5.41) is 0. The Morgan fingerprint density at radius 3 is 2.21 bits per heavy atom. The molecule has 2 aliphatic heterocycles. The molecule has 184 valence electrons. The van der Waals surface area contributed by atoms with Gasteiger partial charge in [-0.25, -0.2) is 13.2 Å². The molecule has 3 rings (SSSR count). The summed E-state index contributed by atoms with van der Waals surface area (Å²) >= 11 is 0. The second kappa shape index (κ2) is 10.9. The quantitative estimate of drug-likeness (QED) is 0.532. The van der Waals surface area contributed by atoms with Gasteiger partial charge >= 0.3 is 5.97 Å². The number of carbonyl (C=O) groups is 2. The van der Waals surface area contributed by atoms with Gasteiger partial charge in [0, 0.05) is 38.3 Å². The molecular weight excluding hydrogens is 442 g/mol. The molecule has 0 N–H and O–H groups in total. The van der Waals surface area contributed by atoms with Crippen LogP contribution in [0.25, 0.3) is 0 Å². The lowest BCUT2D eigenvalue weighted by Gasteiger charge is -2.38. The Morgan fingerprint density at radius 1 is 1.03 bits per heavy atom. The van der Waals surface area contributed by atoms with E-state index in [-0.39, 0.29) is 35.1 Å². The van der Waals surface area contributed by atoms with Gasteiger partial charge in [0.15, 0.2) is 6.61 Å². The van der Waals surface area contributed by atoms with E-state index in [9.17, 15) is 18.0 Å². The van der Waals surface area contributed by atoms with Crippen LogP contribution in [-0.2, 0) is 19.6 Å². The van der Waals surface area contributed by atoms with E-state index >= 15 is 0 Å². The SMILES string of the molecule is CCN(CC)S(=O)(=O)c1ccc(N2CCCC2)c(C(=O)OCC(=O)N2C(C)CCCC2C)c1. The van der Waals surface area contributed by atoms with Crippen molar-refractivity contribution in [2.45, 2.75) is 76.8 Å². The predicted molar refractivity (Wildman–Crippen MR) is 128 cm³/mol. The number of benzene rings is 1. The van der Waals surface area contributed by atoms with Gasteiger partial charge in [-0.05, 0) is 64.2 Å². The molecule has 2 unspecified atom stereocenters. The first-order valence-electron chi connectivity index (χ1n) is 12.1. The number of hydrogen-bond acceptors (Lipinski definition) is 6. The Bertz CT molecular complexity index is 945. The second-order valence-corrected chi connectivity index (χ2v) is 10.9. The molecule has 2 atom stereocenters. The zero-order chi connectivity index (χ0) is 24.2. The lowest BCUT2D eigenvalue weighted by Crippen LogP contribution is -2.49. The molecule has 2 saturated heterocycles. The van der Waals surface area contributed by atoms with Gasteiger partial charge in [-0.1, -0.05) is 13.8 Å². The van der Waals surface area contributed by atoms with Gasteiger partial charge in [-0.3, -0.25) is 4.79 Å². The molecule has 8 nitrogen and oxygen atoms in total.